The van der Waals surface area contributed by atoms with Crippen LogP contribution < -0.4 is 0 Å². The first-order valence-corrected chi connectivity index (χ1v) is 5.57. The number of hydrogen-bond acceptors (Lipinski definition) is 2. The molecule has 0 bridgehead atoms. The van der Waals surface area contributed by atoms with E-state index in [9.17, 15) is 4.39 Å². The molecular weight excluding hydrogens is 239 g/mol. The molecule has 1 unspecified atom stereocenters. The summed E-state index contributed by atoms with van der Waals surface area (Å²) in [6, 6.07) is 10.0. The zero-order valence-corrected chi connectivity index (χ0v) is 9.53. The van der Waals surface area contributed by atoms with Crippen LogP contribution in [-0.2, 0) is 0 Å². The Kier molecular flexibility index (Phi) is 2.41. The number of rotatable bonds is 2. The van der Waals surface area contributed by atoms with E-state index < -0.39 is 0 Å². The third-order valence-corrected chi connectivity index (χ3v) is 2.86. The van der Waals surface area contributed by atoms with Crippen LogP contribution in [0.15, 0.2) is 47.6 Å². The summed E-state index contributed by atoms with van der Waals surface area (Å²) in [5.74, 6) is -0.236. The standard InChI is InChI=1S/C13H8ClFN2/c14-9-3-6-11(16-7-9)13-12(17-13)8-1-4-10(15)5-2-8/h1-7,12H. The van der Waals surface area contributed by atoms with Gasteiger partial charge in [-0.1, -0.05) is 23.7 Å². The predicted octanol–water partition coefficient (Wildman–Crippen LogP) is 3.42. The van der Waals surface area contributed by atoms with Crippen molar-refractivity contribution in [1.29, 1.82) is 0 Å². The average molecular weight is 247 g/mol. The second kappa shape index (κ2) is 3.93. The van der Waals surface area contributed by atoms with Crippen molar-refractivity contribution in [3.63, 3.8) is 0 Å². The number of aliphatic imine (C=N–C) groups is 1. The van der Waals surface area contributed by atoms with Gasteiger partial charge in [0.15, 0.2) is 0 Å². The monoisotopic (exact) mass is 246 g/mol. The predicted molar refractivity (Wildman–Crippen MR) is 64.9 cm³/mol. The largest absolute Gasteiger partial charge is 0.270 e. The van der Waals surface area contributed by atoms with E-state index in [-0.39, 0.29) is 11.9 Å². The van der Waals surface area contributed by atoms with E-state index in [2.05, 4.69) is 9.98 Å². The molecule has 0 spiro atoms. The van der Waals surface area contributed by atoms with Gasteiger partial charge in [-0.15, -0.1) is 0 Å². The van der Waals surface area contributed by atoms with Gasteiger partial charge in [-0.05, 0) is 29.8 Å². The minimum atomic E-state index is -0.236. The van der Waals surface area contributed by atoms with Crippen molar-refractivity contribution in [3.05, 3.63) is 64.7 Å². The highest BCUT2D eigenvalue weighted by Gasteiger charge is 2.31. The molecule has 0 saturated carbocycles. The maximum Gasteiger partial charge on any atom is 0.123 e. The lowest BCUT2D eigenvalue weighted by Crippen LogP contribution is -1.96. The Hall–Kier alpha value is -1.74. The first kappa shape index (κ1) is 10.4. The molecule has 1 aromatic heterocycles. The summed E-state index contributed by atoms with van der Waals surface area (Å²) in [5, 5.41) is 0.605. The first-order chi connectivity index (χ1) is 8.24. The number of pyridine rings is 1. The topological polar surface area (TPSA) is 25.2 Å². The Bertz CT molecular complexity index is 575. The maximum absolute atomic E-state index is 12.8. The van der Waals surface area contributed by atoms with Gasteiger partial charge in [0.1, 0.15) is 11.9 Å². The Balaban J connectivity index is 1.80. The van der Waals surface area contributed by atoms with E-state index in [1.54, 1.807) is 24.4 Å². The van der Waals surface area contributed by atoms with E-state index in [0.717, 1.165) is 17.0 Å². The quantitative estimate of drug-likeness (QED) is 0.797. The lowest BCUT2D eigenvalue weighted by atomic mass is 10.1. The molecule has 0 amide bonds. The number of benzene rings is 1. The van der Waals surface area contributed by atoms with Crippen molar-refractivity contribution < 1.29 is 4.39 Å². The molecular formula is C13H8ClFN2. The van der Waals surface area contributed by atoms with Crippen molar-refractivity contribution in [3.8, 4) is 0 Å². The van der Waals surface area contributed by atoms with E-state index in [4.69, 9.17) is 11.6 Å². The highest BCUT2D eigenvalue weighted by molar-refractivity contribution is 6.30. The fourth-order valence-electron chi connectivity index (χ4n) is 1.71. The van der Waals surface area contributed by atoms with Crippen molar-refractivity contribution in [2.45, 2.75) is 6.04 Å². The van der Waals surface area contributed by atoms with Gasteiger partial charge in [-0.2, -0.15) is 0 Å². The van der Waals surface area contributed by atoms with Crippen LogP contribution in [0.3, 0.4) is 0 Å². The second-order valence-corrected chi connectivity index (χ2v) is 4.27. The van der Waals surface area contributed by atoms with Crippen LogP contribution in [0, 0.1) is 5.82 Å². The van der Waals surface area contributed by atoms with E-state index >= 15 is 0 Å². The van der Waals surface area contributed by atoms with E-state index in [1.807, 2.05) is 6.07 Å². The Morgan fingerprint density at radius 1 is 1.06 bits per heavy atom. The minimum Gasteiger partial charge on any atom is -0.270 e. The number of hydrogen-bond donors (Lipinski definition) is 0. The molecule has 4 heteroatoms. The molecule has 2 aromatic rings. The van der Waals surface area contributed by atoms with Gasteiger partial charge < -0.3 is 0 Å². The van der Waals surface area contributed by atoms with Crippen LogP contribution in [0.4, 0.5) is 4.39 Å². The third kappa shape index (κ3) is 2.06. The number of halogens is 2. The molecule has 3 rings (SSSR count). The molecule has 0 aliphatic carbocycles. The first-order valence-electron chi connectivity index (χ1n) is 5.19. The molecule has 1 aliphatic rings. The Labute approximate surface area is 103 Å². The molecule has 84 valence electrons. The molecule has 1 aromatic carbocycles. The van der Waals surface area contributed by atoms with E-state index in [0.29, 0.717) is 5.02 Å². The van der Waals surface area contributed by atoms with Crippen molar-refractivity contribution in [2.24, 2.45) is 4.99 Å². The highest BCUT2D eigenvalue weighted by atomic mass is 35.5. The summed E-state index contributed by atoms with van der Waals surface area (Å²) in [4.78, 5) is 8.54. The maximum atomic E-state index is 12.8. The van der Waals surface area contributed by atoms with Crippen molar-refractivity contribution in [1.82, 2.24) is 4.98 Å². The molecule has 0 radical (unpaired) electrons. The third-order valence-electron chi connectivity index (χ3n) is 2.64. The summed E-state index contributed by atoms with van der Waals surface area (Å²) in [7, 11) is 0. The number of aromatic nitrogens is 1. The fraction of sp³-hybridized carbons (Fsp3) is 0.0769. The second-order valence-electron chi connectivity index (χ2n) is 3.83. The normalized spacial score (nSPS) is 17.8. The molecule has 1 atom stereocenters. The average Bonchev–Trinajstić information content (AvgIpc) is 3.11. The molecule has 2 nitrogen and oxygen atoms in total. The molecule has 0 fully saturated rings. The van der Waals surface area contributed by atoms with Gasteiger partial charge in [-0.3, -0.25) is 9.98 Å². The summed E-state index contributed by atoms with van der Waals surface area (Å²) in [5.41, 5.74) is 2.73. The summed E-state index contributed by atoms with van der Waals surface area (Å²) >= 11 is 5.76. The summed E-state index contributed by atoms with van der Waals surface area (Å²) in [6.07, 6.45) is 1.60. The lowest BCUT2D eigenvalue weighted by Gasteiger charge is -1.98. The van der Waals surface area contributed by atoms with Crippen molar-refractivity contribution >= 4 is 17.3 Å². The van der Waals surface area contributed by atoms with Crippen LogP contribution in [0.25, 0.3) is 0 Å². The van der Waals surface area contributed by atoms with Crippen LogP contribution >= 0.6 is 11.6 Å². The highest BCUT2D eigenvalue weighted by Crippen LogP contribution is 2.34. The molecule has 0 saturated heterocycles. The Morgan fingerprint density at radius 3 is 2.47 bits per heavy atom. The fourth-order valence-corrected chi connectivity index (χ4v) is 1.82. The van der Waals surface area contributed by atoms with Gasteiger partial charge in [0.05, 0.1) is 16.4 Å². The molecule has 2 heterocycles. The number of nitrogens with zero attached hydrogens (tertiary/aromatic N) is 2. The van der Waals surface area contributed by atoms with Gasteiger partial charge in [0.2, 0.25) is 0 Å². The minimum absolute atomic E-state index is 0.0178. The van der Waals surface area contributed by atoms with Crippen LogP contribution in [0.5, 0.6) is 0 Å². The van der Waals surface area contributed by atoms with Gasteiger partial charge in [0, 0.05) is 6.20 Å². The van der Waals surface area contributed by atoms with Gasteiger partial charge >= 0.3 is 0 Å². The summed E-state index contributed by atoms with van der Waals surface area (Å²) < 4.78 is 12.8. The van der Waals surface area contributed by atoms with Gasteiger partial charge in [0.25, 0.3) is 0 Å². The molecule has 1 aliphatic heterocycles. The molecule has 0 N–H and O–H groups in total. The van der Waals surface area contributed by atoms with Crippen LogP contribution in [-0.4, -0.2) is 10.7 Å². The smallest absolute Gasteiger partial charge is 0.123 e. The van der Waals surface area contributed by atoms with Crippen LogP contribution in [0.2, 0.25) is 5.02 Å². The van der Waals surface area contributed by atoms with Gasteiger partial charge in [-0.25, -0.2) is 4.39 Å². The van der Waals surface area contributed by atoms with Crippen LogP contribution in [0.1, 0.15) is 17.3 Å². The zero-order chi connectivity index (χ0) is 11.8. The molecule has 17 heavy (non-hydrogen) atoms. The van der Waals surface area contributed by atoms with Crippen molar-refractivity contribution in [2.75, 3.05) is 0 Å². The van der Waals surface area contributed by atoms with E-state index in [1.165, 1.54) is 12.1 Å². The lowest BCUT2D eigenvalue weighted by molar-refractivity contribution is 0.627. The summed E-state index contributed by atoms with van der Waals surface area (Å²) in [6.45, 7) is 0. The zero-order valence-electron chi connectivity index (χ0n) is 8.77. The SMILES string of the molecule is Fc1ccc(C2N=C2c2ccc(Cl)cn2)cc1. The Morgan fingerprint density at radius 2 is 1.82 bits per heavy atom.